The molecule has 7 nitrogen and oxygen atoms in total. The number of aliphatic hydroxyl groups excluding tert-OH is 3. The Morgan fingerprint density at radius 3 is 1.49 bits per heavy atom. The van der Waals surface area contributed by atoms with Crippen LogP contribution in [0.25, 0.3) is 22.3 Å². The first-order chi connectivity index (χ1) is 17.8. The topological polar surface area (TPSA) is 115 Å². The second-order valence-corrected chi connectivity index (χ2v) is 9.68. The van der Waals surface area contributed by atoms with Gasteiger partial charge in [0.1, 0.15) is 5.78 Å². The van der Waals surface area contributed by atoms with Crippen molar-refractivity contribution in [3.8, 4) is 22.3 Å². The van der Waals surface area contributed by atoms with Gasteiger partial charge < -0.3 is 15.3 Å². The second kappa shape index (κ2) is 10.8. The van der Waals surface area contributed by atoms with E-state index in [0.717, 1.165) is 27.2 Å². The van der Waals surface area contributed by atoms with E-state index in [1.54, 1.807) is 0 Å². The van der Waals surface area contributed by atoms with Crippen LogP contribution in [-0.4, -0.2) is 64.2 Å². The first-order valence-electron chi connectivity index (χ1n) is 12.3. The zero-order chi connectivity index (χ0) is 26.7. The lowest BCUT2D eigenvalue weighted by atomic mass is 9.82. The lowest BCUT2D eigenvalue weighted by Gasteiger charge is -2.26. The quantitative estimate of drug-likeness (QED) is 0.366. The van der Waals surface area contributed by atoms with E-state index in [-0.39, 0.29) is 25.2 Å². The van der Waals surface area contributed by atoms with Crippen LogP contribution in [0.1, 0.15) is 44.7 Å². The van der Waals surface area contributed by atoms with Gasteiger partial charge in [-0.3, -0.25) is 19.3 Å². The van der Waals surface area contributed by atoms with E-state index in [0.29, 0.717) is 22.3 Å². The first-order valence-corrected chi connectivity index (χ1v) is 12.3. The Bertz CT molecular complexity index is 1240. The van der Waals surface area contributed by atoms with Crippen LogP contribution < -0.4 is 0 Å². The summed E-state index contributed by atoms with van der Waals surface area (Å²) in [7, 11) is 0. The van der Waals surface area contributed by atoms with Gasteiger partial charge in [0.2, 0.25) is 0 Å². The fraction of sp³-hybridized carbons (Fsp3) is 0.300. The zero-order valence-corrected chi connectivity index (χ0v) is 21.0. The van der Waals surface area contributed by atoms with Crippen LogP contribution in [0.2, 0.25) is 0 Å². The highest BCUT2D eigenvalue weighted by Crippen LogP contribution is 2.43. The highest BCUT2D eigenvalue weighted by Gasteiger charge is 2.41. The van der Waals surface area contributed by atoms with Crippen LogP contribution >= 0.6 is 0 Å². The number of hydrogen-bond acceptors (Lipinski definition) is 6. The maximum absolute atomic E-state index is 13.6. The van der Waals surface area contributed by atoms with Gasteiger partial charge in [0.05, 0.1) is 30.9 Å². The third-order valence-corrected chi connectivity index (χ3v) is 7.24. The Kier molecular flexibility index (Phi) is 7.68. The Morgan fingerprint density at radius 1 is 0.703 bits per heavy atom. The van der Waals surface area contributed by atoms with E-state index in [9.17, 15) is 29.7 Å². The molecule has 0 bridgehead atoms. The van der Waals surface area contributed by atoms with Crippen LogP contribution in [0.4, 0.5) is 0 Å². The smallest absolute Gasteiger partial charge is 0.261 e. The SMILES string of the molecule is Cc1c2c(c(C)c(-c3ccccc3)c1-c1ccccc1)C(=O)N(CCC(=O)CC(CO)(CO)CO)C2=O. The molecular formula is C30H31NO6. The Balaban J connectivity index is 1.74. The number of carbonyl (C=O) groups excluding carboxylic acids is 3. The number of nitrogens with zero attached hydrogens (tertiary/aromatic N) is 1. The molecule has 7 heteroatoms. The zero-order valence-electron chi connectivity index (χ0n) is 21.0. The summed E-state index contributed by atoms with van der Waals surface area (Å²) in [5.74, 6) is -1.25. The summed E-state index contributed by atoms with van der Waals surface area (Å²) < 4.78 is 0. The molecule has 0 unspecified atom stereocenters. The van der Waals surface area contributed by atoms with Crippen LogP contribution in [0, 0.1) is 19.3 Å². The lowest BCUT2D eigenvalue weighted by Crippen LogP contribution is -2.37. The average molecular weight is 502 g/mol. The summed E-state index contributed by atoms with van der Waals surface area (Å²) in [6.07, 6.45) is -0.392. The molecular weight excluding hydrogens is 470 g/mol. The lowest BCUT2D eigenvalue weighted by molar-refractivity contribution is -0.124. The number of aliphatic hydroxyl groups is 3. The highest BCUT2D eigenvalue weighted by atomic mass is 16.3. The van der Waals surface area contributed by atoms with Gasteiger partial charge in [-0.2, -0.15) is 0 Å². The summed E-state index contributed by atoms with van der Waals surface area (Å²) in [6.45, 7) is 1.92. The number of amides is 2. The van der Waals surface area contributed by atoms with Crippen molar-refractivity contribution in [1.82, 2.24) is 4.90 Å². The number of Topliss-reactive ketones (excluding diaryl/α,β-unsaturated/α-hetero) is 1. The number of carbonyl (C=O) groups is 3. The van der Waals surface area contributed by atoms with Gasteiger partial charge in [-0.15, -0.1) is 0 Å². The molecule has 192 valence electrons. The van der Waals surface area contributed by atoms with Gasteiger partial charge >= 0.3 is 0 Å². The predicted molar refractivity (Wildman–Crippen MR) is 140 cm³/mol. The molecule has 2 amide bonds. The Labute approximate surface area is 216 Å². The molecule has 0 aromatic heterocycles. The van der Waals surface area contributed by atoms with Crippen molar-refractivity contribution in [2.24, 2.45) is 5.41 Å². The summed E-state index contributed by atoms with van der Waals surface area (Å²) in [5, 5.41) is 28.6. The molecule has 0 atom stereocenters. The first kappa shape index (κ1) is 26.4. The largest absolute Gasteiger partial charge is 0.396 e. The molecule has 0 fully saturated rings. The fourth-order valence-corrected chi connectivity index (χ4v) is 5.09. The minimum atomic E-state index is -1.33. The molecule has 3 aromatic rings. The molecule has 0 saturated carbocycles. The molecule has 3 aromatic carbocycles. The van der Waals surface area contributed by atoms with Crippen molar-refractivity contribution in [3.63, 3.8) is 0 Å². The number of fused-ring (bicyclic) bond motifs is 1. The molecule has 0 aliphatic carbocycles. The molecule has 1 heterocycles. The van der Waals surface area contributed by atoms with E-state index < -0.39 is 37.0 Å². The van der Waals surface area contributed by atoms with Crippen LogP contribution in [0.5, 0.6) is 0 Å². The van der Waals surface area contributed by atoms with Gasteiger partial charge in [-0.25, -0.2) is 0 Å². The van der Waals surface area contributed by atoms with Gasteiger partial charge in [0.25, 0.3) is 11.8 Å². The summed E-state index contributed by atoms with van der Waals surface area (Å²) >= 11 is 0. The number of hydrogen-bond donors (Lipinski definition) is 3. The van der Waals surface area contributed by atoms with Crippen molar-refractivity contribution in [2.45, 2.75) is 26.7 Å². The maximum Gasteiger partial charge on any atom is 0.261 e. The number of rotatable bonds is 10. The molecule has 1 aliphatic heterocycles. The molecule has 37 heavy (non-hydrogen) atoms. The van der Waals surface area contributed by atoms with Crippen molar-refractivity contribution >= 4 is 17.6 Å². The normalized spacial score (nSPS) is 13.3. The van der Waals surface area contributed by atoms with Crippen molar-refractivity contribution in [2.75, 3.05) is 26.4 Å². The Morgan fingerprint density at radius 2 is 1.11 bits per heavy atom. The van der Waals surface area contributed by atoms with Crippen LogP contribution in [-0.2, 0) is 4.79 Å². The predicted octanol–water partition coefficient (Wildman–Crippen LogP) is 3.55. The number of imide groups is 1. The molecule has 0 spiro atoms. The van der Waals surface area contributed by atoms with E-state index in [4.69, 9.17) is 0 Å². The average Bonchev–Trinajstić information content (AvgIpc) is 3.18. The highest BCUT2D eigenvalue weighted by molar-refractivity contribution is 6.24. The minimum absolute atomic E-state index is 0.121. The van der Waals surface area contributed by atoms with Crippen molar-refractivity contribution < 1.29 is 29.7 Å². The Hall–Kier alpha value is -3.65. The fourth-order valence-electron chi connectivity index (χ4n) is 5.09. The van der Waals surface area contributed by atoms with E-state index >= 15 is 0 Å². The minimum Gasteiger partial charge on any atom is -0.396 e. The van der Waals surface area contributed by atoms with Gasteiger partial charge in [0, 0.05) is 24.8 Å². The van der Waals surface area contributed by atoms with Gasteiger partial charge in [0.15, 0.2) is 0 Å². The maximum atomic E-state index is 13.6. The third kappa shape index (κ3) is 4.73. The molecule has 1 aliphatic rings. The third-order valence-electron chi connectivity index (χ3n) is 7.24. The van der Waals surface area contributed by atoms with E-state index in [1.165, 1.54) is 0 Å². The monoisotopic (exact) mass is 501 g/mol. The standard InChI is InChI=1S/C30H31NO6/c1-19-24(21-9-5-3-6-10-21)25(22-11-7-4-8-12-22)20(2)27-26(19)28(36)31(29(27)37)14-13-23(35)15-30(16-32,17-33)18-34/h3-12,32-34H,13-18H2,1-2H3. The van der Waals surface area contributed by atoms with Crippen molar-refractivity contribution in [1.29, 1.82) is 0 Å². The van der Waals surface area contributed by atoms with Crippen LogP contribution in [0.3, 0.4) is 0 Å². The summed E-state index contributed by atoms with van der Waals surface area (Å²) in [5.41, 5.74) is 4.44. The molecule has 4 rings (SSSR count). The van der Waals surface area contributed by atoms with Crippen molar-refractivity contribution in [3.05, 3.63) is 82.9 Å². The second-order valence-electron chi connectivity index (χ2n) is 9.68. The summed E-state index contributed by atoms with van der Waals surface area (Å²) in [6, 6.07) is 19.5. The number of benzene rings is 3. The van der Waals surface area contributed by atoms with Gasteiger partial charge in [-0.1, -0.05) is 60.7 Å². The van der Waals surface area contributed by atoms with Gasteiger partial charge in [-0.05, 0) is 47.2 Å². The van der Waals surface area contributed by atoms with Crippen LogP contribution in [0.15, 0.2) is 60.7 Å². The summed E-state index contributed by atoms with van der Waals surface area (Å²) in [4.78, 5) is 40.8. The molecule has 3 N–H and O–H groups in total. The van der Waals surface area contributed by atoms with E-state index in [2.05, 4.69) is 0 Å². The number of ketones is 1. The van der Waals surface area contributed by atoms with E-state index in [1.807, 2.05) is 74.5 Å². The molecule has 0 radical (unpaired) electrons. The molecule has 0 saturated heterocycles.